The summed E-state index contributed by atoms with van der Waals surface area (Å²) in [5.41, 5.74) is -0.434. The van der Waals surface area contributed by atoms with E-state index in [0.717, 1.165) is 36.9 Å². The minimum Gasteiger partial charge on any atom is -0.444 e. The van der Waals surface area contributed by atoms with E-state index in [1.54, 1.807) is 6.20 Å². The van der Waals surface area contributed by atoms with Gasteiger partial charge in [-0.25, -0.2) is 4.79 Å². The highest BCUT2D eigenvalue weighted by molar-refractivity contribution is 9.10. The van der Waals surface area contributed by atoms with Crippen LogP contribution in [0.2, 0.25) is 0 Å². The maximum Gasteiger partial charge on any atom is 0.410 e. The first-order valence-electron chi connectivity index (χ1n) is 6.99. The maximum atomic E-state index is 12.1. The number of hydrogen-bond donors (Lipinski definition) is 0. The number of ether oxygens (including phenoxy) is 1. The van der Waals surface area contributed by atoms with E-state index < -0.39 is 5.60 Å². The molecule has 20 heavy (non-hydrogen) atoms. The van der Waals surface area contributed by atoms with Crippen LogP contribution in [0, 0.1) is 5.92 Å². The van der Waals surface area contributed by atoms with Gasteiger partial charge < -0.3 is 9.64 Å². The summed E-state index contributed by atoms with van der Waals surface area (Å²) >= 11 is 3.40. The zero-order valence-electron chi connectivity index (χ0n) is 12.3. The van der Waals surface area contributed by atoms with Gasteiger partial charge in [0.2, 0.25) is 0 Å². The van der Waals surface area contributed by atoms with Crippen LogP contribution in [-0.2, 0) is 11.3 Å². The van der Waals surface area contributed by atoms with Crippen LogP contribution in [-0.4, -0.2) is 39.5 Å². The summed E-state index contributed by atoms with van der Waals surface area (Å²) in [6, 6.07) is 0. The smallest absolute Gasteiger partial charge is 0.410 e. The number of likely N-dealkylation sites (tertiary alicyclic amines) is 1. The molecule has 1 saturated heterocycles. The lowest BCUT2D eigenvalue weighted by atomic mass is 9.98. The summed E-state index contributed by atoms with van der Waals surface area (Å²) in [5, 5.41) is 4.27. The first kappa shape index (κ1) is 15.4. The fourth-order valence-electron chi connectivity index (χ4n) is 2.41. The van der Waals surface area contributed by atoms with Crippen molar-refractivity contribution in [2.45, 2.75) is 45.8 Å². The Morgan fingerprint density at radius 2 is 2.30 bits per heavy atom. The molecule has 6 heteroatoms. The molecule has 1 aromatic rings. The molecule has 1 atom stereocenters. The molecule has 1 fully saturated rings. The van der Waals surface area contributed by atoms with Crippen molar-refractivity contribution in [3.8, 4) is 0 Å². The summed E-state index contributed by atoms with van der Waals surface area (Å²) in [4.78, 5) is 13.9. The maximum absolute atomic E-state index is 12.1. The topological polar surface area (TPSA) is 47.4 Å². The van der Waals surface area contributed by atoms with Crippen LogP contribution in [0.1, 0.15) is 33.6 Å². The average Bonchev–Trinajstić information content (AvgIpc) is 2.73. The lowest BCUT2D eigenvalue weighted by Gasteiger charge is -2.34. The average molecular weight is 344 g/mol. The second-order valence-electron chi connectivity index (χ2n) is 6.32. The van der Waals surface area contributed by atoms with Crippen molar-refractivity contribution in [1.29, 1.82) is 0 Å². The van der Waals surface area contributed by atoms with Crippen molar-refractivity contribution < 1.29 is 9.53 Å². The molecule has 0 N–H and O–H groups in total. The predicted molar refractivity (Wildman–Crippen MR) is 80.5 cm³/mol. The van der Waals surface area contributed by atoms with E-state index in [1.807, 2.05) is 36.5 Å². The number of carbonyl (C=O) groups excluding carboxylic acids is 1. The summed E-state index contributed by atoms with van der Waals surface area (Å²) in [7, 11) is 0. The van der Waals surface area contributed by atoms with Crippen molar-refractivity contribution >= 4 is 22.0 Å². The molecule has 0 saturated carbocycles. The number of halogens is 1. The molecule has 0 aliphatic carbocycles. The van der Waals surface area contributed by atoms with Gasteiger partial charge in [-0.3, -0.25) is 4.68 Å². The van der Waals surface area contributed by atoms with Crippen molar-refractivity contribution in [1.82, 2.24) is 14.7 Å². The number of carbonyl (C=O) groups is 1. The predicted octanol–water partition coefficient (Wildman–Crippen LogP) is 3.29. The first-order valence-corrected chi connectivity index (χ1v) is 7.79. The van der Waals surface area contributed by atoms with E-state index in [0.29, 0.717) is 5.92 Å². The molecule has 1 aromatic heterocycles. The second-order valence-corrected chi connectivity index (χ2v) is 7.23. The first-order chi connectivity index (χ1) is 9.33. The Hall–Kier alpha value is -1.04. The number of hydrogen-bond acceptors (Lipinski definition) is 3. The zero-order valence-corrected chi connectivity index (χ0v) is 13.9. The second kappa shape index (κ2) is 6.16. The molecule has 0 spiro atoms. The van der Waals surface area contributed by atoms with Gasteiger partial charge in [0.05, 0.1) is 10.7 Å². The van der Waals surface area contributed by atoms with Gasteiger partial charge in [-0.1, -0.05) is 0 Å². The van der Waals surface area contributed by atoms with Crippen LogP contribution in [0.3, 0.4) is 0 Å². The number of amides is 1. The third kappa shape index (κ3) is 4.51. The van der Waals surface area contributed by atoms with Gasteiger partial charge in [-0.2, -0.15) is 5.10 Å². The minimum atomic E-state index is -0.434. The largest absolute Gasteiger partial charge is 0.444 e. The lowest BCUT2D eigenvalue weighted by molar-refractivity contribution is 0.0155. The molecule has 1 aliphatic rings. The quantitative estimate of drug-likeness (QED) is 0.827. The molecule has 1 aliphatic heterocycles. The molecule has 0 bridgehead atoms. The van der Waals surface area contributed by atoms with E-state index in [9.17, 15) is 4.79 Å². The zero-order chi connectivity index (χ0) is 14.8. The SMILES string of the molecule is CC(C)(C)OC(=O)N1CCCC(Cn2cc(Br)cn2)C1. The van der Waals surface area contributed by atoms with Gasteiger partial charge in [-0.15, -0.1) is 0 Å². The summed E-state index contributed by atoms with van der Waals surface area (Å²) in [5.74, 6) is 0.433. The van der Waals surface area contributed by atoms with Gasteiger partial charge in [0.15, 0.2) is 0 Å². The monoisotopic (exact) mass is 343 g/mol. The molecular weight excluding hydrogens is 322 g/mol. The molecule has 2 rings (SSSR count). The van der Waals surface area contributed by atoms with E-state index in [1.165, 1.54) is 0 Å². The lowest BCUT2D eigenvalue weighted by Crippen LogP contribution is -2.43. The molecule has 2 heterocycles. The van der Waals surface area contributed by atoms with Crippen LogP contribution in [0.5, 0.6) is 0 Å². The van der Waals surface area contributed by atoms with E-state index in [2.05, 4.69) is 21.0 Å². The Labute approximate surface area is 128 Å². The van der Waals surface area contributed by atoms with Crippen molar-refractivity contribution in [3.05, 3.63) is 16.9 Å². The fraction of sp³-hybridized carbons (Fsp3) is 0.714. The number of aromatic nitrogens is 2. The normalized spacial score (nSPS) is 20.0. The van der Waals surface area contributed by atoms with Crippen LogP contribution in [0.25, 0.3) is 0 Å². The van der Waals surface area contributed by atoms with Gasteiger partial charge in [0.25, 0.3) is 0 Å². The number of nitrogens with zero attached hydrogens (tertiary/aromatic N) is 3. The standard InChI is InChI=1S/C14H22BrN3O2/c1-14(2,3)20-13(19)17-6-4-5-11(8-17)9-18-10-12(15)7-16-18/h7,10-11H,4-6,8-9H2,1-3H3. The highest BCUT2D eigenvalue weighted by Crippen LogP contribution is 2.21. The van der Waals surface area contributed by atoms with Gasteiger partial charge in [0, 0.05) is 25.8 Å². The van der Waals surface area contributed by atoms with Gasteiger partial charge in [0.1, 0.15) is 5.60 Å². The summed E-state index contributed by atoms with van der Waals surface area (Å²) < 4.78 is 8.34. The van der Waals surface area contributed by atoms with Crippen LogP contribution in [0.15, 0.2) is 16.9 Å². The van der Waals surface area contributed by atoms with E-state index in [4.69, 9.17) is 4.74 Å². The fourth-order valence-corrected chi connectivity index (χ4v) is 2.74. The Morgan fingerprint density at radius 1 is 1.55 bits per heavy atom. The molecule has 5 nitrogen and oxygen atoms in total. The van der Waals surface area contributed by atoms with Crippen molar-refractivity contribution in [2.24, 2.45) is 5.92 Å². The molecule has 0 radical (unpaired) electrons. The molecule has 112 valence electrons. The van der Waals surface area contributed by atoms with Crippen LogP contribution >= 0.6 is 15.9 Å². The Balaban J connectivity index is 1.90. The van der Waals surface area contributed by atoms with Crippen molar-refractivity contribution in [2.75, 3.05) is 13.1 Å². The van der Waals surface area contributed by atoms with Crippen molar-refractivity contribution in [3.63, 3.8) is 0 Å². The van der Waals surface area contributed by atoms with E-state index >= 15 is 0 Å². The Morgan fingerprint density at radius 3 is 2.90 bits per heavy atom. The van der Waals surface area contributed by atoms with Gasteiger partial charge >= 0.3 is 6.09 Å². The number of piperidine rings is 1. The number of rotatable bonds is 2. The third-order valence-corrected chi connectivity index (χ3v) is 3.63. The third-order valence-electron chi connectivity index (χ3n) is 3.22. The molecule has 1 amide bonds. The summed E-state index contributed by atoms with van der Waals surface area (Å²) in [6.07, 6.45) is 5.69. The van der Waals surface area contributed by atoms with Crippen LogP contribution in [0.4, 0.5) is 4.79 Å². The minimum absolute atomic E-state index is 0.205. The highest BCUT2D eigenvalue weighted by atomic mass is 79.9. The van der Waals surface area contributed by atoms with Crippen LogP contribution < -0.4 is 0 Å². The van der Waals surface area contributed by atoms with E-state index in [-0.39, 0.29) is 6.09 Å². The molecule has 0 aromatic carbocycles. The molecule has 1 unspecified atom stereocenters. The Bertz CT molecular complexity index is 467. The van der Waals surface area contributed by atoms with Gasteiger partial charge in [-0.05, 0) is 55.5 Å². The molecular formula is C14H22BrN3O2. The Kier molecular flexibility index (Phi) is 4.73. The highest BCUT2D eigenvalue weighted by Gasteiger charge is 2.27. The summed E-state index contributed by atoms with van der Waals surface area (Å²) in [6.45, 7) is 8.06.